The smallest absolute Gasteiger partial charge is 0.123 e. The van der Waals surface area contributed by atoms with E-state index in [-0.39, 0.29) is 5.75 Å². The van der Waals surface area contributed by atoms with Gasteiger partial charge in [-0.25, -0.2) is 0 Å². The number of nitrogens with zero attached hydrogens (tertiary/aromatic N) is 3. The molecule has 0 radical (unpaired) electrons. The van der Waals surface area contributed by atoms with Crippen molar-refractivity contribution in [3.8, 4) is 50.4 Å². The van der Waals surface area contributed by atoms with E-state index < -0.39 is 0 Å². The predicted molar refractivity (Wildman–Crippen MR) is 166 cm³/mol. The first-order chi connectivity index (χ1) is 19.6. The summed E-state index contributed by atoms with van der Waals surface area (Å²) in [6.45, 7) is 0. The van der Waals surface area contributed by atoms with Gasteiger partial charge < -0.3 is 5.11 Å². The second-order valence-electron chi connectivity index (χ2n) is 9.70. The van der Waals surface area contributed by atoms with Crippen LogP contribution in [-0.4, -0.2) is 20.1 Å². The van der Waals surface area contributed by atoms with Gasteiger partial charge in [0.15, 0.2) is 0 Å². The van der Waals surface area contributed by atoms with Crippen molar-refractivity contribution in [3.05, 3.63) is 132 Å². The van der Waals surface area contributed by atoms with E-state index in [9.17, 15) is 5.11 Å². The van der Waals surface area contributed by atoms with Crippen molar-refractivity contribution in [1.82, 2.24) is 15.0 Å². The predicted octanol–water partition coefficient (Wildman–Crippen LogP) is 9.31. The number of para-hydroxylation sites is 1. The maximum Gasteiger partial charge on any atom is 0.123 e. The van der Waals surface area contributed by atoms with Gasteiger partial charge in [0.2, 0.25) is 0 Å². The molecule has 3 heterocycles. The van der Waals surface area contributed by atoms with Crippen LogP contribution in [0.1, 0.15) is 0 Å². The van der Waals surface area contributed by atoms with Crippen LogP contribution in [0.25, 0.3) is 66.4 Å². The summed E-state index contributed by atoms with van der Waals surface area (Å²) >= 11 is 3.69. The lowest BCUT2D eigenvalue weighted by atomic mass is 9.97. The van der Waals surface area contributed by atoms with Crippen LogP contribution in [0.5, 0.6) is 5.75 Å². The molecule has 4 aromatic carbocycles. The highest BCUT2D eigenvalue weighted by Crippen LogP contribution is 2.35. The second kappa shape index (κ2) is 10.0. The number of rotatable bonds is 4. The summed E-state index contributed by atoms with van der Waals surface area (Å²) < 4.78 is 0.971. The molecule has 0 amide bonds. The highest BCUT2D eigenvalue weighted by atomic mass is 79.9. The third-order valence-corrected chi connectivity index (χ3v) is 7.58. The Kier molecular flexibility index (Phi) is 6.06. The zero-order valence-corrected chi connectivity index (χ0v) is 22.9. The van der Waals surface area contributed by atoms with Crippen LogP contribution in [0.4, 0.5) is 0 Å². The van der Waals surface area contributed by atoms with Crippen molar-refractivity contribution in [3.63, 3.8) is 0 Å². The molecule has 0 aliphatic heterocycles. The van der Waals surface area contributed by atoms with Gasteiger partial charge in [-0.1, -0.05) is 76.6 Å². The summed E-state index contributed by atoms with van der Waals surface area (Å²) in [6, 6.07) is 36.4. The quantitative estimate of drug-likeness (QED) is 0.211. The molecular formula is C35H22BrN3O. The van der Waals surface area contributed by atoms with Gasteiger partial charge in [0.25, 0.3) is 0 Å². The van der Waals surface area contributed by atoms with Crippen LogP contribution < -0.4 is 0 Å². The summed E-state index contributed by atoms with van der Waals surface area (Å²) in [7, 11) is 0. The minimum atomic E-state index is 0.269. The number of aromatic nitrogens is 3. The highest BCUT2D eigenvalue weighted by molar-refractivity contribution is 9.10. The van der Waals surface area contributed by atoms with Crippen LogP contribution in [0, 0.1) is 0 Å². The van der Waals surface area contributed by atoms with Gasteiger partial charge in [-0.15, -0.1) is 0 Å². The number of hydrogen-bond acceptors (Lipinski definition) is 4. The van der Waals surface area contributed by atoms with E-state index in [4.69, 9.17) is 9.97 Å². The second-order valence-corrected chi connectivity index (χ2v) is 10.6. The van der Waals surface area contributed by atoms with Gasteiger partial charge in [0.05, 0.1) is 16.7 Å². The van der Waals surface area contributed by atoms with Crippen molar-refractivity contribution in [2.24, 2.45) is 0 Å². The van der Waals surface area contributed by atoms with Crippen molar-refractivity contribution >= 4 is 37.7 Å². The number of hydrogen-bond donors (Lipinski definition) is 1. The number of aromatic hydroxyl groups is 1. The van der Waals surface area contributed by atoms with Crippen LogP contribution in [0.2, 0.25) is 0 Å². The van der Waals surface area contributed by atoms with Gasteiger partial charge >= 0.3 is 0 Å². The summed E-state index contributed by atoms with van der Waals surface area (Å²) in [5.74, 6) is 0.269. The van der Waals surface area contributed by atoms with Gasteiger partial charge in [-0.2, -0.15) is 0 Å². The largest absolute Gasteiger partial charge is 0.507 e. The van der Waals surface area contributed by atoms with E-state index in [0.29, 0.717) is 0 Å². The lowest BCUT2D eigenvalue weighted by Crippen LogP contribution is -1.89. The molecule has 0 spiro atoms. The Bertz CT molecular complexity index is 2040. The number of pyridine rings is 3. The molecule has 4 nitrogen and oxygen atoms in total. The minimum absolute atomic E-state index is 0.269. The molecular weight excluding hydrogens is 558 g/mol. The Morgan fingerprint density at radius 3 is 2.15 bits per heavy atom. The van der Waals surface area contributed by atoms with E-state index in [1.54, 1.807) is 12.3 Å². The fraction of sp³-hybridized carbons (Fsp3) is 0. The van der Waals surface area contributed by atoms with Crippen molar-refractivity contribution in [1.29, 1.82) is 0 Å². The summed E-state index contributed by atoms with van der Waals surface area (Å²) in [5, 5.41) is 12.5. The molecule has 3 aromatic heterocycles. The van der Waals surface area contributed by atoms with Gasteiger partial charge in [-0.3, -0.25) is 15.0 Å². The fourth-order valence-corrected chi connectivity index (χ4v) is 5.61. The molecule has 40 heavy (non-hydrogen) atoms. The number of benzene rings is 4. The summed E-state index contributed by atoms with van der Waals surface area (Å²) in [4.78, 5) is 14.1. The Hall–Kier alpha value is -4.87. The van der Waals surface area contributed by atoms with Crippen LogP contribution in [-0.2, 0) is 0 Å². The molecule has 0 atom stereocenters. The molecule has 0 aliphatic rings. The van der Waals surface area contributed by atoms with Crippen molar-refractivity contribution in [2.45, 2.75) is 0 Å². The lowest BCUT2D eigenvalue weighted by molar-refractivity contribution is 0.477. The molecule has 7 aromatic rings. The molecule has 190 valence electrons. The van der Waals surface area contributed by atoms with E-state index in [2.05, 4.69) is 81.6 Å². The average molecular weight is 580 g/mol. The van der Waals surface area contributed by atoms with E-state index >= 15 is 0 Å². The third kappa shape index (κ3) is 4.51. The van der Waals surface area contributed by atoms with Crippen molar-refractivity contribution in [2.75, 3.05) is 0 Å². The Morgan fingerprint density at radius 2 is 1.27 bits per heavy atom. The Balaban J connectivity index is 1.22. The molecule has 0 bridgehead atoms. The maximum atomic E-state index is 10.3. The van der Waals surface area contributed by atoms with Gasteiger partial charge in [0, 0.05) is 56.1 Å². The zero-order valence-electron chi connectivity index (χ0n) is 21.3. The Morgan fingerprint density at radius 1 is 0.500 bits per heavy atom. The first-order valence-electron chi connectivity index (χ1n) is 12.9. The summed E-state index contributed by atoms with van der Waals surface area (Å²) in [6.07, 6.45) is 5.59. The number of fused-ring (bicyclic) bond motifs is 3. The molecule has 0 saturated heterocycles. The van der Waals surface area contributed by atoms with Crippen LogP contribution in [0.3, 0.4) is 0 Å². The third-order valence-electron chi connectivity index (χ3n) is 7.12. The molecule has 0 aliphatic carbocycles. The molecule has 7 rings (SSSR count). The summed E-state index contributed by atoms with van der Waals surface area (Å²) in [5.41, 5.74) is 9.62. The SMILES string of the molecule is Oc1ccccc1-c1cccc(-c2cc(Br)cc(-c3ccc(-c4cnc5c(ccc6cccnc65)c4)cn3)c2)c1. The molecule has 0 fully saturated rings. The molecule has 1 N–H and O–H groups in total. The first-order valence-corrected chi connectivity index (χ1v) is 13.7. The van der Waals surface area contributed by atoms with E-state index in [1.165, 1.54) is 0 Å². The standard InChI is InChI=1S/C35H22BrN3O/c36-30-18-27(23-5-3-6-24(15-23)31-8-1-2-9-33(31)40)17-28(19-30)32-13-12-26(20-38-32)29-16-25-11-10-22-7-4-14-37-34(22)35(25)39-21-29/h1-21,40H. The highest BCUT2D eigenvalue weighted by Gasteiger charge is 2.10. The fourth-order valence-electron chi connectivity index (χ4n) is 5.12. The van der Waals surface area contributed by atoms with Crippen molar-refractivity contribution < 1.29 is 5.11 Å². The number of phenolic OH excluding ortho intramolecular Hbond substituents is 1. The van der Waals surface area contributed by atoms with Gasteiger partial charge in [0.1, 0.15) is 5.75 Å². The topological polar surface area (TPSA) is 58.9 Å². The van der Waals surface area contributed by atoms with Crippen LogP contribution in [0.15, 0.2) is 132 Å². The average Bonchev–Trinajstić information content (AvgIpc) is 3.01. The maximum absolute atomic E-state index is 10.3. The van der Waals surface area contributed by atoms with Gasteiger partial charge in [-0.05, 0) is 65.2 Å². The normalized spacial score (nSPS) is 11.2. The molecule has 0 saturated carbocycles. The lowest BCUT2D eigenvalue weighted by Gasteiger charge is -2.11. The minimum Gasteiger partial charge on any atom is -0.507 e. The van der Waals surface area contributed by atoms with Crippen LogP contribution >= 0.6 is 15.9 Å². The number of phenols is 1. The molecule has 0 unspecified atom stereocenters. The zero-order chi connectivity index (χ0) is 27.1. The molecule has 5 heteroatoms. The monoisotopic (exact) mass is 579 g/mol. The number of halogens is 1. The van der Waals surface area contributed by atoms with E-state index in [1.807, 2.05) is 54.9 Å². The first kappa shape index (κ1) is 24.2. The Labute approximate surface area is 239 Å². The van der Waals surface area contributed by atoms with E-state index in [0.717, 1.165) is 70.9 Å².